The van der Waals surface area contributed by atoms with Crippen molar-refractivity contribution in [3.8, 4) is 5.75 Å². The minimum absolute atomic E-state index is 0.223. The molecule has 0 spiro atoms. The lowest BCUT2D eigenvalue weighted by molar-refractivity contribution is -0.139. The van der Waals surface area contributed by atoms with Crippen LogP contribution in [-0.4, -0.2) is 24.3 Å². The van der Waals surface area contributed by atoms with Gasteiger partial charge in [0.15, 0.2) is 4.80 Å². The molecule has 2 heterocycles. The van der Waals surface area contributed by atoms with E-state index in [-0.39, 0.29) is 12.2 Å². The highest BCUT2D eigenvalue weighted by Gasteiger charge is 2.33. The summed E-state index contributed by atoms with van der Waals surface area (Å²) in [7, 11) is 1.59. The first-order chi connectivity index (χ1) is 15.4. The molecule has 0 saturated carbocycles. The topological polar surface area (TPSA) is 69.9 Å². The van der Waals surface area contributed by atoms with Crippen LogP contribution < -0.4 is 19.6 Å². The van der Waals surface area contributed by atoms with Crippen molar-refractivity contribution in [1.29, 1.82) is 0 Å². The first kappa shape index (κ1) is 22.0. The van der Waals surface area contributed by atoms with Crippen molar-refractivity contribution in [2.75, 3.05) is 13.7 Å². The Labute approximate surface area is 193 Å². The molecule has 1 aromatic heterocycles. The van der Waals surface area contributed by atoms with E-state index in [1.807, 2.05) is 36.4 Å². The molecule has 32 heavy (non-hydrogen) atoms. The molecule has 8 heteroatoms. The summed E-state index contributed by atoms with van der Waals surface area (Å²) in [6.45, 7) is 3.72. The first-order valence-electron chi connectivity index (χ1n) is 10.0. The molecule has 4 rings (SSSR count). The number of carbonyl (C=O) groups is 1. The molecule has 1 aliphatic rings. The molecule has 0 N–H and O–H groups in total. The van der Waals surface area contributed by atoms with Crippen molar-refractivity contribution in [2.45, 2.75) is 19.9 Å². The number of rotatable bonds is 5. The Morgan fingerprint density at radius 1 is 1.22 bits per heavy atom. The number of hydrogen-bond donors (Lipinski definition) is 0. The zero-order chi connectivity index (χ0) is 22.8. The number of carbonyl (C=O) groups excluding carboxylic acids is 1. The number of ether oxygens (including phenoxy) is 2. The van der Waals surface area contributed by atoms with Crippen molar-refractivity contribution >= 4 is 35.0 Å². The summed E-state index contributed by atoms with van der Waals surface area (Å²) in [5.74, 6) is 0.170. The minimum atomic E-state index is -0.664. The van der Waals surface area contributed by atoms with Gasteiger partial charge in [0, 0.05) is 10.6 Å². The van der Waals surface area contributed by atoms with Gasteiger partial charge in [-0.25, -0.2) is 9.79 Å². The molecular formula is C24H21ClN2O4S. The van der Waals surface area contributed by atoms with Crippen LogP contribution in [0.5, 0.6) is 5.75 Å². The highest BCUT2D eigenvalue weighted by molar-refractivity contribution is 7.07. The van der Waals surface area contributed by atoms with Crippen LogP contribution >= 0.6 is 22.9 Å². The second-order valence-electron chi connectivity index (χ2n) is 7.10. The molecule has 2 aromatic carbocycles. The summed E-state index contributed by atoms with van der Waals surface area (Å²) in [5, 5.41) is 0.565. The Kier molecular flexibility index (Phi) is 6.30. The van der Waals surface area contributed by atoms with Gasteiger partial charge in [-0.1, -0.05) is 53.3 Å². The minimum Gasteiger partial charge on any atom is -0.496 e. The number of aromatic nitrogens is 1. The first-order valence-corrected chi connectivity index (χ1v) is 11.2. The number of nitrogens with zero attached hydrogens (tertiary/aromatic N) is 2. The van der Waals surface area contributed by atoms with Crippen LogP contribution in [0.1, 0.15) is 31.0 Å². The third-order valence-electron chi connectivity index (χ3n) is 5.13. The number of thiazole rings is 1. The molecule has 1 aliphatic heterocycles. The molecule has 0 amide bonds. The van der Waals surface area contributed by atoms with Gasteiger partial charge >= 0.3 is 5.97 Å². The molecule has 0 saturated heterocycles. The third kappa shape index (κ3) is 4.01. The quantitative estimate of drug-likeness (QED) is 0.538. The van der Waals surface area contributed by atoms with Gasteiger partial charge in [0.2, 0.25) is 0 Å². The molecular weight excluding hydrogens is 448 g/mol. The van der Waals surface area contributed by atoms with E-state index >= 15 is 0 Å². The Morgan fingerprint density at radius 2 is 1.94 bits per heavy atom. The molecule has 3 aromatic rings. The smallest absolute Gasteiger partial charge is 0.338 e. The molecule has 0 aliphatic carbocycles. The maximum Gasteiger partial charge on any atom is 0.338 e. The van der Waals surface area contributed by atoms with Crippen molar-refractivity contribution < 1.29 is 14.3 Å². The van der Waals surface area contributed by atoms with E-state index in [0.717, 1.165) is 11.1 Å². The van der Waals surface area contributed by atoms with E-state index in [1.165, 1.54) is 11.3 Å². The Balaban J connectivity index is 1.97. The second-order valence-corrected chi connectivity index (χ2v) is 8.54. The molecule has 0 radical (unpaired) electrons. The van der Waals surface area contributed by atoms with Crippen LogP contribution in [0.25, 0.3) is 6.08 Å². The van der Waals surface area contributed by atoms with Gasteiger partial charge in [-0.05, 0) is 43.7 Å². The zero-order valence-electron chi connectivity index (χ0n) is 17.8. The largest absolute Gasteiger partial charge is 0.496 e. The predicted octanol–water partition coefficient (Wildman–Crippen LogP) is 3.46. The number of allylic oxidation sites excluding steroid dienone is 1. The molecule has 6 nitrogen and oxygen atoms in total. The monoisotopic (exact) mass is 468 g/mol. The molecule has 0 fully saturated rings. The molecule has 1 unspecified atom stereocenters. The summed E-state index contributed by atoms with van der Waals surface area (Å²) in [4.78, 5) is 31.5. The summed E-state index contributed by atoms with van der Waals surface area (Å²) in [5.41, 5.74) is 2.15. The highest BCUT2D eigenvalue weighted by Crippen LogP contribution is 2.31. The SMILES string of the molecule is CCOC(=O)C1=C(C)N=c2s/c(=C\c3ccccc3OC)c(=O)n2C1c1ccc(Cl)cc1. The number of halogens is 1. The third-order valence-corrected chi connectivity index (χ3v) is 6.36. The van der Waals surface area contributed by atoms with Gasteiger partial charge in [0.05, 0.1) is 35.6 Å². The fourth-order valence-electron chi connectivity index (χ4n) is 3.68. The van der Waals surface area contributed by atoms with Crippen molar-refractivity contribution in [3.05, 3.63) is 95.6 Å². The van der Waals surface area contributed by atoms with E-state index in [2.05, 4.69) is 4.99 Å². The van der Waals surface area contributed by atoms with Gasteiger partial charge in [-0.3, -0.25) is 9.36 Å². The summed E-state index contributed by atoms with van der Waals surface area (Å²) in [6, 6.07) is 13.9. The summed E-state index contributed by atoms with van der Waals surface area (Å²) < 4.78 is 12.7. The van der Waals surface area contributed by atoms with Gasteiger partial charge in [0.1, 0.15) is 5.75 Å². The van der Waals surface area contributed by atoms with Crippen LogP contribution in [0.15, 0.2) is 69.6 Å². The zero-order valence-corrected chi connectivity index (χ0v) is 19.4. The van der Waals surface area contributed by atoms with Crippen molar-refractivity contribution in [3.63, 3.8) is 0 Å². The number of benzene rings is 2. The number of esters is 1. The normalized spacial score (nSPS) is 15.9. The average Bonchev–Trinajstić information content (AvgIpc) is 3.08. The fourth-order valence-corrected chi connectivity index (χ4v) is 4.84. The van der Waals surface area contributed by atoms with Gasteiger partial charge < -0.3 is 9.47 Å². The van der Waals surface area contributed by atoms with Crippen LogP contribution in [0, 0.1) is 0 Å². The van der Waals surface area contributed by atoms with E-state index in [0.29, 0.717) is 31.4 Å². The maximum absolute atomic E-state index is 13.5. The predicted molar refractivity (Wildman–Crippen MR) is 125 cm³/mol. The van der Waals surface area contributed by atoms with E-state index in [9.17, 15) is 9.59 Å². The second kappa shape index (κ2) is 9.14. The van der Waals surface area contributed by atoms with Crippen LogP contribution in [-0.2, 0) is 9.53 Å². The Hall–Kier alpha value is -3.16. The van der Waals surface area contributed by atoms with Crippen LogP contribution in [0.2, 0.25) is 5.02 Å². The summed E-state index contributed by atoms with van der Waals surface area (Å²) in [6.07, 6.45) is 1.78. The van der Waals surface area contributed by atoms with E-state index in [4.69, 9.17) is 21.1 Å². The number of para-hydroxylation sites is 1. The number of methoxy groups -OCH3 is 1. The van der Waals surface area contributed by atoms with Crippen molar-refractivity contribution in [1.82, 2.24) is 4.57 Å². The number of fused-ring (bicyclic) bond motifs is 1. The summed E-state index contributed by atoms with van der Waals surface area (Å²) >= 11 is 7.35. The fraction of sp³-hybridized carbons (Fsp3) is 0.208. The molecule has 1 atom stereocenters. The van der Waals surface area contributed by atoms with Gasteiger partial charge in [0.25, 0.3) is 5.56 Å². The molecule has 164 valence electrons. The average molecular weight is 469 g/mol. The van der Waals surface area contributed by atoms with Gasteiger partial charge in [-0.15, -0.1) is 0 Å². The maximum atomic E-state index is 13.5. The highest BCUT2D eigenvalue weighted by atomic mass is 35.5. The lowest BCUT2D eigenvalue weighted by Gasteiger charge is -2.24. The van der Waals surface area contributed by atoms with Crippen molar-refractivity contribution in [2.24, 2.45) is 4.99 Å². The lowest BCUT2D eigenvalue weighted by atomic mass is 9.96. The standard InChI is InChI=1S/C24H21ClN2O4S/c1-4-31-23(29)20-14(2)26-24-27(21(20)15-9-11-17(25)12-10-15)22(28)19(32-24)13-16-7-5-6-8-18(16)30-3/h5-13,21H,4H2,1-3H3/b19-13-. The lowest BCUT2D eigenvalue weighted by Crippen LogP contribution is -2.39. The Bertz CT molecular complexity index is 1390. The number of hydrogen-bond acceptors (Lipinski definition) is 6. The Morgan fingerprint density at radius 3 is 2.62 bits per heavy atom. The van der Waals surface area contributed by atoms with Crippen LogP contribution in [0.4, 0.5) is 0 Å². The molecule has 0 bridgehead atoms. The van der Waals surface area contributed by atoms with Crippen LogP contribution in [0.3, 0.4) is 0 Å². The van der Waals surface area contributed by atoms with E-state index in [1.54, 1.807) is 43.7 Å². The van der Waals surface area contributed by atoms with Gasteiger partial charge in [-0.2, -0.15) is 0 Å². The van der Waals surface area contributed by atoms with E-state index < -0.39 is 12.0 Å².